The number of hydrogen-bond acceptors (Lipinski definition) is 6. The van der Waals surface area contributed by atoms with Gasteiger partial charge in [-0.15, -0.1) is 0 Å². The van der Waals surface area contributed by atoms with Crippen LogP contribution in [0.2, 0.25) is 0 Å². The number of ether oxygens (including phenoxy) is 1. The summed E-state index contributed by atoms with van der Waals surface area (Å²) >= 11 is 0. The molecule has 0 atom stereocenters. The number of fused-ring (bicyclic) bond motifs is 1. The first-order chi connectivity index (χ1) is 14.3. The number of ketones is 1. The number of H-pyrrole nitrogens is 1. The minimum atomic E-state index is -1.26. The number of carboxylic acids is 2. The van der Waals surface area contributed by atoms with E-state index in [9.17, 15) is 19.2 Å². The number of anilines is 1. The maximum absolute atomic E-state index is 12.4. The Labute approximate surface area is 169 Å². The van der Waals surface area contributed by atoms with Gasteiger partial charge in [0.05, 0.1) is 18.1 Å². The van der Waals surface area contributed by atoms with Crippen molar-refractivity contribution >= 4 is 40.8 Å². The highest BCUT2D eigenvalue weighted by molar-refractivity contribution is 6.10. The van der Waals surface area contributed by atoms with Crippen LogP contribution in [0.4, 0.5) is 10.7 Å². The zero-order valence-electron chi connectivity index (χ0n) is 15.7. The second-order valence-corrected chi connectivity index (χ2v) is 5.64. The third kappa shape index (κ3) is 6.30. The number of benzene rings is 2. The van der Waals surface area contributed by atoms with Gasteiger partial charge in [-0.1, -0.05) is 30.3 Å². The zero-order chi connectivity index (χ0) is 22.1. The lowest BCUT2D eigenvalue weighted by molar-refractivity contribution is -0.134. The first-order valence-electron chi connectivity index (χ1n) is 8.38. The van der Waals surface area contributed by atoms with Gasteiger partial charge in [0.2, 0.25) is 5.95 Å². The molecule has 3 aromatic rings. The summed E-state index contributed by atoms with van der Waals surface area (Å²) in [6, 6.07) is 14.2. The molecule has 0 aliphatic rings. The molecule has 1 amide bonds. The standard InChI is InChI=1S/C16H13N3O3.C4H4O4/c1-22-16(21)19-15-17-12-8-7-11(9-13(12)18-15)14(20)10-5-3-2-4-6-10;5-3(6)1-2-4(7)8/h2-9H,1H3,(H2,17,18,19,21);1-2H,(H,5,6)(H,7,8)/b;2-1-. The molecule has 0 fully saturated rings. The molecule has 0 spiro atoms. The van der Waals surface area contributed by atoms with Gasteiger partial charge < -0.3 is 19.9 Å². The number of aromatic amines is 1. The summed E-state index contributed by atoms with van der Waals surface area (Å²) in [5.74, 6) is -2.31. The van der Waals surface area contributed by atoms with E-state index in [1.165, 1.54) is 7.11 Å². The van der Waals surface area contributed by atoms with Crippen molar-refractivity contribution in [3.8, 4) is 0 Å². The third-order valence-electron chi connectivity index (χ3n) is 3.55. The van der Waals surface area contributed by atoms with Gasteiger partial charge in [-0.05, 0) is 18.2 Å². The molecule has 0 radical (unpaired) electrons. The summed E-state index contributed by atoms with van der Waals surface area (Å²) < 4.78 is 4.51. The van der Waals surface area contributed by atoms with Gasteiger partial charge in [0.25, 0.3) is 0 Å². The molecule has 30 heavy (non-hydrogen) atoms. The molecule has 1 aromatic heterocycles. The van der Waals surface area contributed by atoms with E-state index >= 15 is 0 Å². The highest BCUT2D eigenvalue weighted by atomic mass is 16.5. The van der Waals surface area contributed by atoms with Crippen molar-refractivity contribution in [2.75, 3.05) is 12.4 Å². The molecule has 10 nitrogen and oxygen atoms in total. The average molecular weight is 411 g/mol. The summed E-state index contributed by atoms with van der Waals surface area (Å²) in [5, 5.41) is 18.1. The van der Waals surface area contributed by atoms with Gasteiger partial charge in [0.1, 0.15) is 0 Å². The van der Waals surface area contributed by atoms with Crippen LogP contribution in [0.25, 0.3) is 11.0 Å². The van der Waals surface area contributed by atoms with Crippen LogP contribution in [0.15, 0.2) is 60.7 Å². The second-order valence-electron chi connectivity index (χ2n) is 5.64. The molecule has 0 unspecified atom stereocenters. The molecule has 0 bridgehead atoms. The lowest BCUT2D eigenvalue weighted by atomic mass is 10.0. The number of carboxylic acid groups (broad SMARTS) is 2. The van der Waals surface area contributed by atoms with Crippen molar-refractivity contribution in [2.24, 2.45) is 0 Å². The van der Waals surface area contributed by atoms with Crippen molar-refractivity contribution in [3.05, 3.63) is 71.8 Å². The molecular weight excluding hydrogens is 394 g/mol. The summed E-state index contributed by atoms with van der Waals surface area (Å²) in [4.78, 5) is 49.8. The summed E-state index contributed by atoms with van der Waals surface area (Å²) in [7, 11) is 1.27. The number of rotatable bonds is 5. The van der Waals surface area contributed by atoms with Crippen LogP contribution in [0, 0.1) is 0 Å². The number of hydrogen-bond donors (Lipinski definition) is 4. The smallest absolute Gasteiger partial charge is 0.413 e. The maximum Gasteiger partial charge on any atom is 0.413 e. The second kappa shape index (κ2) is 10.2. The Morgan fingerprint density at radius 1 is 0.967 bits per heavy atom. The minimum absolute atomic E-state index is 0.0698. The van der Waals surface area contributed by atoms with Gasteiger partial charge in [0, 0.05) is 23.3 Å². The van der Waals surface area contributed by atoms with Gasteiger partial charge in [-0.2, -0.15) is 0 Å². The number of amides is 1. The number of carbonyl (C=O) groups excluding carboxylic acids is 2. The maximum atomic E-state index is 12.4. The van der Waals surface area contributed by atoms with Crippen molar-refractivity contribution < 1.29 is 34.1 Å². The molecule has 0 saturated heterocycles. The molecule has 3 rings (SSSR count). The lowest BCUT2D eigenvalue weighted by Gasteiger charge is -2.00. The number of imidazole rings is 1. The van der Waals surface area contributed by atoms with E-state index in [1.54, 1.807) is 30.3 Å². The number of methoxy groups -OCH3 is 1. The first-order valence-corrected chi connectivity index (χ1v) is 8.38. The van der Waals surface area contributed by atoms with Gasteiger partial charge in [-0.3, -0.25) is 10.1 Å². The fraction of sp³-hybridized carbons (Fsp3) is 0.0500. The van der Waals surface area contributed by atoms with Crippen LogP contribution in [0.3, 0.4) is 0 Å². The number of carbonyl (C=O) groups is 4. The predicted molar refractivity (Wildman–Crippen MR) is 106 cm³/mol. The van der Waals surface area contributed by atoms with Crippen molar-refractivity contribution in [1.29, 1.82) is 0 Å². The number of nitrogens with one attached hydrogen (secondary N) is 2. The largest absolute Gasteiger partial charge is 0.478 e. The topological polar surface area (TPSA) is 159 Å². The van der Waals surface area contributed by atoms with Gasteiger partial charge in [0.15, 0.2) is 5.78 Å². The van der Waals surface area contributed by atoms with Crippen LogP contribution >= 0.6 is 0 Å². The zero-order valence-corrected chi connectivity index (χ0v) is 15.7. The molecule has 0 aliphatic heterocycles. The Morgan fingerprint density at radius 3 is 2.17 bits per heavy atom. The van der Waals surface area contributed by atoms with Crippen LogP contribution in [0.1, 0.15) is 15.9 Å². The molecule has 10 heteroatoms. The van der Waals surface area contributed by atoms with Crippen LogP contribution in [0.5, 0.6) is 0 Å². The SMILES string of the molecule is COC(=O)Nc1nc2ccc(C(=O)c3ccccc3)cc2[nH]1.O=C(O)/C=C\C(=O)O. The highest BCUT2D eigenvalue weighted by Gasteiger charge is 2.12. The fourth-order valence-electron chi connectivity index (χ4n) is 2.26. The van der Waals surface area contributed by atoms with Crippen LogP contribution < -0.4 is 5.32 Å². The van der Waals surface area contributed by atoms with Crippen LogP contribution in [-0.4, -0.2) is 51.1 Å². The van der Waals surface area contributed by atoms with Crippen molar-refractivity contribution in [3.63, 3.8) is 0 Å². The van der Waals surface area contributed by atoms with E-state index in [0.717, 1.165) is 0 Å². The first kappa shape index (κ1) is 21.8. The van der Waals surface area contributed by atoms with Crippen LogP contribution in [-0.2, 0) is 14.3 Å². The van der Waals surface area contributed by atoms with Crippen molar-refractivity contribution in [2.45, 2.75) is 0 Å². The summed E-state index contributed by atoms with van der Waals surface area (Å²) in [6.45, 7) is 0. The van der Waals surface area contributed by atoms with E-state index in [4.69, 9.17) is 10.2 Å². The Balaban J connectivity index is 0.000000343. The number of aromatic nitrogens is 2. The third-order valence-corrected chi connectivity index (χ3v) is 3.55. The molecule has 0 saturated carbocycles. The average Bonchev–Trinajstić information content (AvgIpc) is 3.14. The predicted octanol–water partition coefficient (Wildman–Crippen LogP) is 2.68. The molecular formula is C20H17N3O7. The fourth-order valence-corrected chi connectivity index (χ4v) is 2.26. The van der Waals surface area contributed by atoms with E-state index in [1.807, 2.05) is 18.2 Å². The molecule has 4 N–H and O–H groups in total. The minimum Gasteiger partial charge on any atom is -0.478 e. The number of nitrogens with zero attached hydrogens (tertiary/aromatic N) is 1. The molecule has 2 aromatic carbocycles. The van der Waals surface area contributed by atoms with E-state index < -0.39 is 18.0 Å². The molecule has 154 valence electrons. The van der Waals surface area contributed by atoms with Crippen molar-refractivity contribution in [1.82, 2.24) is 9.97 Å². The summed E-state index contributed by atoms with van der Waals surface area (Å²) in [5.41, 5.74) is 2.48. The molecule has 1 heterocycles. The van der Waals surface area contributed by atoms with E-state index in [2.05, 4.69) is 20.0 Å². The van der Waals surface area contributed by atoms with Gasteiger partial charge >= 0.3 is 18.0 Å². The monoisotopic (exact) mass is 411 g/mol. The normalized spacial score (nSPS) is 10.2. The Morgan fingerprint density at radius 2 is 1.60 bits per heavy atom. The Bertz CT molecular complexity index is 1090. The lowest BCUT2D eigenvalue weighted by Crippen LogP contribution is -2.11. The highest BCUT2D eigenvalue weighted by Crippen LogP contribution is 2.18. The Hall–Kier alpha value is -4.47. The summed E-state index contributed by atoms with van der Waals surface area (Å²) in [6.07, 6.45) is 0.504. The molecule has 0 aliphatic carbocycles. The van der Waals surface area contributed by atoms with E-state index in [0.29, 0.717) is 34.3 Å². The quantitative estimate of drug-likeness (QED) is 0.368. The van der Waals surface area contributed by atoms with E-state index in [-0.39, 0.29) is 11.7 Å². The number of aliphatic carboxylic acids is 2. The van der Waals surface area contributed by atoms with Gasteiger partial charge in [-0.25, -0.2) is 19.4 Å². The Kier molecular flexibility index (Phi) is 7.40.